The summed E-state index contributed by atoms with van der Waals surface area (Å²) in [5.41, 5.74) is 18.3. The van der Waals surface area contributed by atoms with Crippen LogP contribution in [0, 0.1) is 0 Å². The monoisotopic (exact) mass is 815 g/mol. The van der Waals surface area contributed by atoms with Crippen LogP contribution in [0.4, 0.5) is 17.1 Å². The van der Waals surface area contributed by atoms with Gasteiger partial charge in [-0.25, -0.2) is 0 Å². The quantitative estimate of drug-likeness (QED) is 0.155. The average Bonchev–Trinajstić information content (AvgIpc) is 3.60. The Morgan fingerprint density at radius 1 is 0.297 bits per heavy atom. The molecular formula is C63H45N. The SMILES string of the molecule is CC1(C)c2ccccc2-c2cccc(-c3ccc(N(c4ccc(-c5cccc6ccccc56)cc4)c4cc(-c5ccc6ccccc6c5)ccc4-c4ccc5ccccc5c4)cc3)c21. The predicted octanol–water partition coefficient (Wildman–Crippen LogP) is 17.6. The number of hydrogen-bond donors (Lipinski definition) is 0. The molecule has 0 saturated heterocycles. The molecule has 0 spiro atoms. The summed E-state index contributed by atoms with van der Waals surface area (Å²) in [4.78, 5) is 2.46. The first-order chi connectivity index (χ1) is 31.5. The molecule has 0 saturated carbocycles. The van der Waals surface area contributed by atoms with Crippen LogP contribution in [0.2, 0.25) is 0 Å². The first-order valence-corrected chi connectivity index (χ1v) is 22.3. The number of nitrogens with zero attached hydrogens (tertiary/aromatic N) is 1. The van der Waals surface area contributed by atoms with Gasteiger partial charge < -0.3 is 4.90 Å². The second kappa shape index (κ2) is 15.1. The van der Waals surface area contributed by atoms with Gasteiger partial charge in [-0.05, 0) is 136 Å². The van der Waals surface area contributed by atoms with Gasteiger partial charge in [-0.3, -0.25) is 0 Å². The van der Waals surface area contributed by atoms with Crippen LogP contribution in [-0.2, 0) is 5.41 Å². The molecule has 64 heavy (non-hydrogen) atoms. The highest BCUT2D eigenvalue weighted by atomic mass is 15.1. The molecule has 11 aromatic carbocycles. The fourth-order valence-electron chi connectivity index (χ4n) is 10.4. The Kier molecular flexibility index (Phi) is 8.91. The van der Waals surface area contributed by atoms with E-state index in [9.17, 15) is 0 Å². The molecule has 302 valence electrons. The van der Waals surface area contributed by atoms with Crippen molar-refractivity contribution in [3.05, 3.63) is 248 Å². The number of fused-ring (bicyclic) bond motifs is 6. The summed E-state index contributed by atoms with van der Waals surface area (Å²) in [5.74, 6) is 0. The van der Waals surface area contributed by atoms with Gasteiger partial charge in [0.2, 0.25) is 0 Å². The van der Waals surface area contributed by atoms with Crippen LogP contribution in [0.25, 0.3) is 88.0 Å². The molecule has 1 heteroatoms. The van der Waals surface area contributed by atoms with Crippen molar-refractivity contribution in [2.45, 2.75) is 19.3 Å². The van der Waals surface area contributed by atoms with E-state index in [0.29, 0.717) is 0 Å². The fourth-order valence-corrected chi connectivity index (χ4v) is 10.4. The van der Waals surface area contributed by atoms with Crippen molar-refractivity contribution in [3.8, 4) is 55.6 Å². The maximum absolute atomic E-state index is 2.46. The minimum atomic E-state index is -0.114. The first-order valence-electron chi connectivity index (χ1n) is 22.3. The average molecular weight is 816 g/mol. The van der Waals surface area contributed by atoms with Crippen molar-refractivity contribution < 1.29 is 0 Å². The van der Waals surface area contributed by atoms with E-state index < -0.39 is 0 Å². The molecule has 1 nitrogen and oxygen atoms in total. The molecule has 0 fully saturated rings. The van der Waals surface area contributed by atoms with Gasteiger partial charge in [-0.2, -0.15) is 0 Å². The van der Waals surface area contributed by atoms with Crippen LogP contribution >= 0.6 is 0 Å². The number of anilines is 3. The van der Waals surface area contributed by atoms with Crippen molar-refractivity contribution in [2.75, 3.05) is 4.90 Å². The summed E-state index contributed by atoms with van der Waals surface area (Å²) in [6.07, 6.45) is 0. The third-order valence-electron chi connectivity index (χ3n) is 13.6. The van der Waals surface area contributed by atoms with E-state index in [1.54, 1.807) is 0 Å². The maximum atomic E-state index is 2.46. The Balaban J connectivity index is 1.05. The van der Waals surface area contributed by atoms with Crippen molar-refractivity contribution in [1.82, 2.24) is 0 Å². The molecule has 0 unspecified atom stereocenters. The normalized spacial score (nSPS) is 12.7. The molecule has 0 atom stereocenters. The zero-order valence-electron chi connectivity index (χ0n) is 36.0. The number of hydrogen-bond acceptors (Lipinski definition) is 1. The second-order valence-corrected chi connectivity index (χ2v) is 17.7. The zero-order chi connectivity index (χ0) is 42.8. The van der Waals surface area contributed by atoms with Crippen LogP contribution in [0.15, 0.2) is 237 Å². The van der Waals surface area contributed by atoms with E-state index >= 15 is 0 Å². The number of benzene rings is 11. The lowest BCUT2D eigenvalue weighted by Gasteiger charge is -2.29. The van der Waals surface area contributed by atoms with Crippen molar-refractivity contribution >= 4 is 49.4 Å². The van der Waals surface area contributed by atoms with E-state index in [1.165, 1.54) is 93.5 Å². The largest absolute Gasteiger partial charge is 0.310 e. The van der Waals surface area contributed by atoms with Crippen LogP contribution in [0.3, 0.4) is 0 Å². The van der Waals surface area contributed by atoms with Gasteiger partial charge in [0.25, 0.3) is 0 Å². The lowest BCUT2D eigenvalue weighted by molar-refractivity contribution is 0.662. The van der Waals surface area contributed by atoms with E-state index in [1.807, 2.05) is 0 Å². The van der Waals surface area contributed by atoms with Crippen molar-refractivity contribution in [1.29, 1.82) is 0 Å². The van der Waals surface area contributed by atoms with Crippen molar-refractivity contribution in [2.24, 2.45) is 0 Å². The Bertz CT molecular complexity index is 3570. The molecular weight excluding hydrogens is 771 g/mol. The highest BCUT2D eigenvalue weighted by molar-refractivity contribution is 5.99. The van der Waals surface area contributed by atoms with E-state index in [4.69, 9.17) is 0 Å². The minimum absolute atomic E-state index is 0.114. The first kappa shape index (κ1) is 37.7. The van der Waals surface area contributed by atoms with Gasteiger partial charge in [0, 0.05) is 22.4 Å². The second-order valence-electron chi connectivity index (χ2n) is 17.7. The van der Waals surface area contributed by atoms with Gasteiger partial charge in [0.05, 0.1) is 5.69 Å². The Morgan fingerprint density at radius 3 is 1.48 bits per heavy atom. The highest BCUT2D eigenvalue weighted by Gasteiger charge is 2.37. The lowest BCUT2D eigenvalue weighted by Crippen LogP contribution is -2.16. The van der Waals surface area contributed by atoms with E-state index in [0.717, 1.165) is 22.6 Å². The zero-order valence-corrected chi connectivity index (χ0v) is 36.0. The van der Waals surface area contributed by atoms with Gasteiger partial charge >= 0.3 is 0 Å². The predicted molar refractivity (Wildman–Crippen MR) is 273 cm³/mol. The molecule has 0 aromatic heterocycles. The van der Waals surface area contributed by atoms with Crippen molar-refractivity contribution in [3.63, 3.8) is 0 Å². The summed E-state index contributed by atoms with van der Waals surface area (Å²) < 4.78 is 0. The van der Waals surface area contributed by atoms with Gasteiger partial charge in [0.1, 0.15) is 0 Å². The van der Waals surface area contributed by atoms with Crippen LogP contribution in [0.1, 0.15) is 25.0 Å². The molecule has 1 aliphatic rings. The Morgan fingerprint density at radius 2 is 0.766 bits per heavy atom. The summed E-state index contributed by atoms with van der Waals surface area (Å²) in [6.45, 7) is 4.74. The standard InChI is InChI=1S/C63H45N/c1-63(2)60-24-10-9-20-58(60)59-23-12-22-57(62(59)63)46-31-36-53(37-32-46)64(52-34-29-45(30-35-52)55-21-11-18-44-15-7-8-19-54(44)55)61-41-50(49-27-25-42-13-3-5-16-47(42)39-49)33-38-56(61)51-28-26-43-14-4-6-17-48(43)40-51/h3-41H,1-2H3. The molecule has 0 N–H and O–H groups in total. The van der Waals surface area contributed by atoms with Crippen LogP contribution in [0.5, 0.6) is 0 Å². The molecule has 0 heterocycles. The van der Waals surface area contributed by atoms with Gasteiger partial charge in [-0.1, -0.05) is 208 Å². The fraction of sp³-hybridized carbons (Fsp3) is 0.0476. The highest BCUT2D eigenvalue weighted by Crippen LogP contribution is 2.52. The molecule has 0 amide bonds. The van der Waals surface area contributed by atoms with E-state index in [2.05, 4.69) is 255 Å². The summed E-state index contributed by atoms with van der Waals surface area (Å²) in [7, 11) is 0. The lowest BCUT2D eigenvalue weighted by atomic mass is 9.79. The van der Waals surface area contributed by atoms with Crippen LogP contribution in [-0.4, -0.2) is 0 Å². The molecule has 0 bridgehead atoms. The molecule has 0 radical (unpaired) electrons. The van der Waals surface area contributed by atoms with Crippen LogP contribution < -0.4 is 4.90 Å². The molecule has 1 aliphatic carbocycles. The summed E-state index contributed by atoms with van der Waals surface area (Å²) in [5, 5.41) is 7.42. The molecule has 0 aliphatic heterocycles. The topological polar surface area (TPSA) is 3.24 Å². The third kappa shape index (κ3) is 6.31. The molecule has 12 rings (SSSR count). The third-order valence-corrected chi connectivity index (χ3v) is 13.6. The van der Waals surface area contributed by atoms with E-state index in [-0.39, 0.29) is 5.41 Å². The number of rotatable bonds is 7. The smallest absolute Gasteiger partial charge is 0.0546 e. The van der Waals surface area contributed by atoms with Gasteiger partial charge in [-0.15, -0.1) is 0 Å². The molecule has 11 aromatic rings. The maximum Gasteiger partial charge on any atom is 0.0546 e. The minimum Gasteiger partial charge on any atom is -0.310 e. The van der Waals surface area contributed by atoms with Gasteiger partial charge in [0.15, 0.2) is 0 Å². The summed E-state index contributed by atoms with van der Waals surface area (Å²) in [6, 6.07) is 87.4. The Hall–Kier alpha value is -8.00. The summed E-state index contributed by atoms with van der Waals surface area (Å²) >= 11 is 0. The Labute approximate surface area is 375 Å².